The highest BCUT2D eigenvalue weighted by Crippen LogP contribution is 2.26. The van der Waals surface area contributed by atoms with Gasteiger partial charge in [0.25, 0.3) is 5.91 Å². The number of halogens is 1. The van der Waals surface area contributed by atoms with Crippen molar-refractivity contribution in [3.05, 3.63) is 35.8 Å². The first-order valence-corrected chi connectivity index (χ1v) is 6.86. The topological polar surface area (TPSA) is 82.2 Å². The molecule has 0 bridgehead atoms. The summed E-state index contributed by atoms with van der Waals surface area (Å²) in [4.78, 5) is 26.2. The van der Waals surface area contributed by atoms with E-state index in [1.165, 1.54) is 12.1 Å². The van der Waals surface area contributed by atoms with Gasteiger partial charge in [-0.3, -0.25) is 9.59 Å². The van der Waals surface area contributed by atoms with E-state index in [2.05, 4.69) is 10.3 Å². The summed E-state index contributed by atoms with van der Waals surface area (Å²) in [7, 11) is 0. The fraction of sp³-hybridized carbons (Fsp3) is 0.333. The third-order valence-electron chi connectivity index (χ3n) is 3.98. The van der Waals surface area contributed by atoms with Crippen LogP contribution in [0.25, 0.3) is 10.9 Å². The van der Waals surface area contributed by atoms with E-state index >= 15 is 0 Å². The third kappa shape index (κ3) is 2.61. The van der Waals surface area contributed by atoms with E-state index in [-0.39, 0.29) is 17.8 Å². The molecule has 0 spiro atoms. The number of carboxylic acid groups (broad SMARTS) is 1. The number of H-pyrrole nitrogens is 1. The summed E-state index contributed by atoms with van der Waals surface area (Å²) in [6.07, 6.45) is 2.04. The maximum Gasteiger partial charge on any atom is 0.308 e. The predicted molar refractivity (Wildman–Crippen MR) is 74.5 cm³/mol. The largest absolute Gasteiger partial charge is 0.481 e. The fourth-order valence-corrected chi connectivity index (χ4v) is 2.90. The van der Waals surface area contributed by atoms with Crippen molar-refractivity contribution in [3.8, 4) is 0 Å². The van der Waals surface area contributed by atoms with E-state index in [4.69, 9.17) is 5.11 Å². The molecule has 110 valence electrons. The molecule has 3 rings (SSSR count). The Kier molecular flexibility index (Phi) is 3.37. The lowest BCUT2D eigenvalue weighted by Gasteiger charge is -2.16. The molecule has 1 aliphatic carbocycles. The maximum absolute atomic E-state index is 13.1. The van der Waals surface area contributed by atoms with Crippen molar-refractivity contribution in [2.45, 2.75) is 25.3 Å². The fourth-order valence-electron chi connectivity index (χ4n) is 2.90. The van der Waals surface area contributed by atoms with Crippen molar-refractivity contribution in [3.63, 3.8) is 0 Å². The van der Waals surface area contributed by atoms with Crippen LogP contribution in [0.15, 0.2) is 24.3 Å². The lowest BCUT2D eigenvalue weighted by molar-refractivity contribution is -0.142. The molecule has 1 heterocycles. The Labute approximate surface area is 120 Å². The highest BCUT2D eigenvalue weighted by molar-refractivity contribution is 5.98. The Hall–Kier alpha value is -2.37. The summed E-state index contributed by atoms with van der Waals surface area (Å²) in [5.41, 5.74) is 0.981. The molecule has 1 aliphatic rings. The minimum atomic E-state index is -0.878. The molecule has 1 amide bonds. The summed E-state index contributed by atoms with van der Waals surface area (Å²) in [6.45, 7) is 0. The molecule has 1 fully saturated rings. The molecule has 1 aromatic heterocycles. The number of fused-ring (bicyclic) bond motifs is 1. The number of hydrogen-bond acceptors (Lipinski definition) is 2. The highest BCUT2D eigenvalue weighted by atomic mass is 19.1. The van der Waals surface area contributed by atoms with Crippen molar-refractivity contribution in [2.75, 3.05) is 0 Å². The molecular weight excluding hydrogens is 275 g/mol. The summed E-state index contributed by atoms with van der Waals surface area (Å²) < 4.78 is 13.1. The Morgan fingerprint density at radius 1 is 1.29 bits per heavy atom. The van der Waals surface area contributed by atoms with Gasteiger partial charge in [0, 0.05) is 16.9 Å². The summed E-state index contributed by atoms with van der Waals surface area (Å²) in [5.74, 6) is -2.13. The Morgan fingerprint density at radius 3 is 2.86 bits per heavy atom. The zero-order chi connectivity index (χ0) is 15.0. The lowest BCUT2D eigenvalue weighted by Crippen LogP contribution is -2.40. The van der Waals surface area contributed by atoms with E-state index in [0.717, 1.165) is 6.42 Å². The summed E-state index contributed by atoms with van der Waals surface area (Å²) in [6, 6.07) is 5.45. The Balaban J connectivity index is 1.79. The van der Waals surface area contributed by atoms with Gasteiger partial charge in [-0.1, -0.05) is 6.42 Å². The standard InChI is InChI=1S/C15H15FN2O3/c16-9-4-5-11-8(6-9)7-13(17-11)14(19)18-12-3-1-2-10(12)15(20)21/h4-7,10,12,17H,1-3H2,(H,18,19)(H,20,21)/t10-,12+/m1/s1. The molecule has 0 aliphatic heterocycles. The number of hydrogen-bond donors (Lipinski definition) is 3. The van der Waals surface area contributed by atoms with Gasteiger partial charge in [-0.2, -0.15) is 0 Å². The molecule has 0 saturated heterocycles. The second kappa shape index (κ2) is 5.20. The van der Waals surface area contributed by atoms with Crippen LogP contribution in [0.4, 0.5) is 4.39 Å². The second-order valence-electron chi connectivity index (χ2n) is 5.37. The number of amides is 1. The summed E-state index contributed by atoms with van der Waals surface area (Å²) >= 11 is 0. The zero-order valence-electron chi connectivity index (χ0n) is 11.2. The number of benzene rings is 1. The van der Waals surface area contributed by atoms with Gasteiger partial charge in [-0.25, -0.2) is 4.39 Å². The molecule has 2 aromatic rings. The smallest absolute Gasteiger partial charge is 0.308 e. The first-order chi connectivity index (χ1) is 10.0. The second-order valence-corrected chi connectivity index (χ2v) is 5.37. The number of carbonyl (C=O) groups excluding carboxylic acids is 1. The molecule has 6 heteroatoms. The van der Waals surface area contributed by atoms with Crippen molar-refractivity contribution >= 4 is 22.8 Å². The van der Waals surface area contributed by atoms with E-state index in [0.29, 0.717) is 29.4 Å². The number of aliphatic carboxylic acids is 1. The third-order valence-corrected chi connectivity index (χ3v) is 3.98. The molecule has 1 saturated carbocycles. The number of carboxylic acids is 1. The van der Waals surface area contributed by atoms with E-state index < -0.39 is 11.9 Å². The highest BCUT2D eigenvalue weighted by Gasteiger charge is 2.34. The van der Waals surface area contributed by atoms with Gasteiger partial charge >= 0.3 is 5.97 Å². The van der Waals surface area contributed by atoms with E-state index in [1.54, 1.807) is 12.1 Å². The van der Waals surface area contributed by atoms with Gasteiger partial charge in [0.1, 0.15) is 11.5 Å². The number of carbonyl (C=O) groups is 2. The minimum Gasteiger partial charge on any atom is -0.481 e. The van der Waals surface area contributed by atoms with Crippen LogP contribution >= 0.6 is 0 Å². The van der Waals surface area contributed by atoms with Gasteiger partial charge in [0.2, 0.25) is 0 Å². The monoisotopic (exact) mass is 290 g/mol. The van der Waals surface area contributed by atoms with Crippen LogP contribution < -0.4 is 5.32 Å². The van der Waals surface area contributed by atoms with Gasteiger partial charge in [-0.15, -0.1) is 0 Å². The number of aromatic amines is 1. The maximum atomic E-state index is 13.1. The molecule has 21 heavy (non-hydrogen) atoms. The van der Waals surface area contributed by atoms with Crippen LogP contribution in [-0.2, 0) is 4.79 Å². The lowest BCUT2D eigenvalue weighted by atomic mass is 10.0. The molecule has 1 aromatic carbocycles. The van der Waals surface area contributed by atoms with Gasteiger partial charge in [0.15, 0.2) is 0 Å². The predicted octanol–water partition coefficient (Wildman–Crippen LogP) is 2.29. The SMILES string of the molecule is O=C(N[C@H]1CCC[C@H]1C(=O)O)c1cc2cc(F)ccc2[nH]1. The van der Waals surface area contributed by atoms with Gasteiger partial charge in [-0.05, 0) is 37.1 Å². The molecule has 5 nitrogen and oxygen atoms in total. The number of rotatable bonds is 3. The van der Waals surface area contributed by atoms with Crippen molar-refractivity contribution < 1.29 is 19.1 Å². The van der Waals surface area contributed by atoms with E-state index in [9.17, 15) is 14.0 Å². The Bertz CT molecular complexity index is 710. The van der Waals surface area contributed by atoms with Crippen LogP contribution in [-0.4, -0.2) is 28.0 Å². The number of nitrogens with one attached hydrogen (secondary N) is 2. The molecule has 2 atom stereocenters. The van der Waals surface area contributed by atoms with Crippen LogP contribution in [0.3, 0.4) is 0 Å². The van der Waals surface area contributed by atoms with Crippen molar-refractivity contribution in [2.24, 2.45) is 5.92 Å². The van der Waals surface area contributed by atoms with E-state index in [1.807, 2.05) is 0 Å². The van der Waals surface area contributed by atoms with Crippen LogP contribution in [0.2, 0.25) is 0 Å². The molecule has 0 unspecified atom stereocenters. The average Bonchev–Trinajstić information content (AvgIpc) is 3.04. The quantitative estimate of drug-likeness (QED) is 0.811. The van der Waals surface area contributed by atoms with Crippen molar-refractivity contribution in [1.82, 2.24) is 10.3 Å². The van der Waals surface area contributed by atoms with Crippen LogP contribution in [0.5, 0.6) is 0 Å². The molecule has 0 radical (unpaired) electrons. The normalized spacial score (nSPS) is 21.6. The minimum absolute atomic E-state index is 0.312. The number of aromatic nitrogens is 1. The molecular formula is C15H15FN2O3. The van der Waals surface area contributed by atoms with Gasteiger partial charge in [0.05, 0.1) is 5.92 Å². The average molecular weight is 290 g/mol. The first-order valence-electron chi connectivity index (χ1n) is 6.86. The summed E-state index contributed by atoms with van der Waals surface area (Å²) in [5, 5.41) is 12.5. The van der Waals surface area contributed by atoms with Gasteiger partial charge < -0.3 is 15.4 Å². The molecule has 3 N–H and O–H groups in total. The van der Waals surface area contributed by atoms with Crippen molar-refractivity contribution in [1.29, 1.82) is 0 Å². The van der Waals surface area contributed by atoms with Crippen LogP contribution in [0.1, 0.15) is 29.8 Å². The first kappa shape index (κ1) is 13.6. The Morgan fingerprint density at radius 2 is 2.10 bits per heavy atom. The zero-order valence-corrected chi connectivity index (χ0v) is 11.2. The van der Waals surface area contributed by atoms with Crippen LogP contribution in [0, 0.1) is 11.7 Å².